The molecule has 1 saturated carbocycles. The molecule has 2 atom stereocenters. The third-order valence-corrected chi connectivity index (χ3v) is 5.54. The molecule has 4 rings (SSSR count). The lowest BCUT2D eigenvalue weighted by Crippen LogP contribution is -2.27. The molecule has 0 bridgehead atoms. The summed E-state index contributed by atoms with van der Waals surface area (Å²) in [4.78, 5) is 21.0. The summed E-state index contributed by atoms with van der Waals surface area (Å²) in [6.07, 6.45) is 7.02. The number of aromatic hydroxyl groups is 1. The summed E-state index contributed by atoms with van der Waals surface area (Å²) in [6, 6.07) is 7.47. The van der Waals surface area contributed by atoms with Crippen LogP contribution in [0.25, 0.3) is 11.3 Å². The van der Waals surface area contributed by atoms with Gasteiger partial charge < -0.3 is 16.2 Å². The molecular weight excluding hydrogens is 402 g/mol. The Labute approximate surface area is 178 Å². The summed E-state index contributed by atoms with van der Waals surface area (Å²) in [5, 5.41) is 12.4. The largest absolute Gasteiger partial charge is 0.508 e. The second-order valence-corrected chi connectivity index (χ2v) is 7.73. The summed E-state index contributed by atoms with van der Waals surface area (Å²) in [5.74, 6) is -2.17. The average Bonchev–Trinajstić information content (AvgIpc) is 2.76. The first-order chi connectivity index (χ1) is 14.9. The summed E-state index contributed by atoms with van der Waals surface area (Å²) < 4.78 is 28.5. The molecule has 2 unspecified atom stereocenters. The first-order valence-corrected chi connectivity index (χ1v) is 10.1. The van der Waals surface area contributed by atoms with E-state index < -0.39 is 17.5 Å². The zero-order valence-corrected chi connectivity index (χ0v) is 16.7. The highest BCUT2D eigenvalue weighted by Crippen LogP contribution is 2.36. The number of phenolic OH excluding ortho intramolecular Hbond substituents is 1. The van der Waals surface area contributed by atoms with E-state index >= 15 is 0 Å². The van der Waals surface area contributed by atoms with Gasteiger partial charge in [0.2, 0.25) is 0 Å². The molecule has 1 aliphatic rings. The molecule has 31 heavy (non-hydrogen) atoms. The van der Waals surface area contributed by atoms with Gasteiger partial charge in [0.15, 0.2) is 0 Å². The molecule has 2 aromatic heterocycles. The smallest absolute Gasteiger partial charge is 0.274 e. The van der Waals surface area contributed by atoms with Gasteiger partial charge in [-0.3, -0.25) is 9.78 Å². The predicted molar refractivity (Wildman–Crippen MR) is 113 cm³/mol. The molecule has 1 aromatic carbocycles. The Morgan fingerprint density at radius 2 is 1.94 bits per heavy atom. The van der Waals surface area contributed by atoms with Gasteiger partial charge in [-0.2, -0.15) is 0 Å². The van der Waals surface area contributed by atoms with Crippen LogP contribution in [0.3, 0.4) is 0 Å². The molecule has 1 aliphatic carbocycles. The highest BCUT2D eigenvalue weighted by atomic mass is 19.1. The number of nitrogens with one attached hydrogen (secondary N) is 1. The molecule has 1 fully saturated rings. The van der Waals surface area contributed by atoms with Crippen LogP contribution in [0.4, 0.5) is 14.5 Å². The van der Waals surface area contributed by atoms with Crippen LogP contribution < -0.4 is 11.1 Å². The van der Waals surface area contributed by atoms with Crippen molar-refractivity contribution >= 4 is 11.6 Å². The molecule has 160 valence electrons. The number of amides is 1. The van der Waals surface area contributed by atoms with Gasteiger partial charge in [-0.1, -0.05) is 6.42 Å². The Morgan fingerprint density at radius 1 is 1.13 bits per heavy atom. The molecule has 3 aromatic rings. The number of pyridine rings is 2. The first kappa shape index (κ1) is 20.9. The standard InChI is InChI=1S/C23H22F2N4O2/c24-18-5-4-15(30)11-17(18)22-19(25)6-7-20(28-22)23(31)29-21-12-27-9-8-16(21)13-2-1-3-14(26)10-13/h4-9,11-14,30H,1-3,10,26H2,(H,29,31). The van der Waals surface area contributed by atoms with Gasteiger partial charge in [-0.05, 0) is 67.1 Å². The summed E-state index contributed by atoms with van der Waals surface area (Å²) in [5.41, 5.74) is 6.93. The Kier molecular flexibility index (Phi) is 5.90. The van der Waals surface area contributed by atoms with Crippen molar-refractivity contribution in [3.8, 4) is 17.0 Å². The fraction of sp³-hybridized carbons (Fsp3) is 0.261. The molecule has 6 nitrogen and oxygen atoms in total. The van der Waals surface area contributed by atoms with Crippen molar-refractivity contribution in [3.63, 3.8) is 0 Å². The number of hydrogen-bond acceptors (Lipinski definition) is 5. The van der Waals surface area contributed by atoms with E-state index in [4.69, 9.17) is 5.73 Å². The van der Waals surface area contributed by atoms with E-state index in [0.717, 1.165) is 55.5 Å². The van der Waals surface area contributed by atoms with Gasteiger partial charge in [0.25, 0.3) is 5.91 Å². The molecular formula is C23H22F2N4O2. The first-order valence-electron chi connectivity index (χ1n) is 10.1. The SMILES string of the molecule is NC1CCCC(c2ccncc2NC(=O)c2ccc(F)c(-c3cc(O)ccc3F)n2)C1. The van der Waals surface area contributed by atoms with E-state index in [0.29, 0.717) is 5.69 Å². The van der Waals surface area contributed by atoms with Crippen LogP contribution in [0, 0.1) is 11.6 Å². The number of carbonyl (C=O) groups is 1. The lowest BCUT2D eigenvalue weighted by atomic mass is 9.81. The zero-order valence-electron chi connectivity index (χ0n) is 16.7. The number of nitrogens with two attached hydrogens (primary N) is 1. The van der Waals surface area contributed by atoms with Crippen molar-refractivity contribution in [1.82, 2.24) is 9.97 Å². The fourth-order valence-electron chi connectivity index (χ4n) is 4.01. The lowest BCUT2D eigenvalue weighted by molar-refractivity contribution is 0.102. The Hall–Kier alpha value is -3.39. The minimum absolute atomic E-state index is 0.0886. The molecule has 0 spiro atoms. The maximum atomic E-state index is 14.3. The van der Waals surface area contributed by atoms with Crippen LogP contribution in [0.15, 0.2) is 48.8 Å². The molecule has 0 radical (unpaired) electrons. The zero-order chi connectivity index (χ0) is 22.0. The Balaban J connectivity index is 1.63. The van der Waals surface area contributed by atoms with Crippen molar-refractivity contribution in [3.05, 3.63) is 71.7 Å². The number of rotatable bonds is 4. The van der Waals surface area contributed by atoms with Crippen molar-refractivity contribution in [2.24, 2.45) is 5.73 Å². The van der Waals surface area contributed by atoms with Gasteiger partial charge >= 0.3 is 0 Å². The number of phenols is 1. The average molecular weight is 424 g/mol. The molecule has 4 N–H and O–H groups in total. The number of hydrogen-bond donors (Lipinski definition) is 3. The van der Waals surface area contributed by atoms with Gasteiger partial charge in [0.1, 0.15) is 28.8 Å². The van der Waals surface area contributed by atoms with E-state index in [1.54, 1.807) is 12.4 Å². The summed E-state index contributed by atoms with van der Waals surface area (Å²) >= 11 is 0. The van der Waals surface area contributed by atoms with Crippen LogP contribution in [-0.2, 0) is 0 Å². The number of aromatic nitrogens is 2. The Bertz CT molecular complexity index is 1120. The monoisotopic (exact) mass is 424 g/mol. The van der Waals surface area contributed by atoms with Crippen molar-refractivity contribution in [2.45, 2.75) is 37.6 Å². The highest BCUT2D eigenvalue weighted by Gasteiger charge is 2.24. The summed E-state index contributed by atoms with van der Waals surface area (Å²) in [7, 11) is 0. The lowest BCUT2D eigenvalue weighted by Gasteiger charge is -2.28. The van der Waals surface area contributed by atoms with Crippen LogP contribution >= 0.6 is 0 Å². The van der Waals surface area contributed by atoms with Gasteiger partial charge in [-0.25, -0.2) is 13.8 Å². The third kappa shape index (κ3) is 4.54. The predicted octanol–water partition coefficient (Wildman–Crippen LogP) is 4.36. The molecule has 0 saturated heterocycles. The number of carbonyl (C=O) groups excluding carboxylic acids is 1. The van der Waals surface area contributed by atoms with E-state index in [1.807, 2.05) is 6.07 Å². The molecule has 8 heteroatoms. The number of benzene rings is 1. The van der Waals surface area contributed by atoms with E-state index in [2.05, 4.69) is 15.3 Å². The van der Waals surface area contributed by atoms with E-state index in [-0.39, 0.29) is 34.7 Å². The van der Waals surface area contributed by atoms with Gasteiger partial charge in [0, 0.05) is 17.8 Å². The quantitative estimate of drug-likeness (QED) is 0.578. The minimum atomic E-state index is -0.806. The highest BCUT2D eigenvalue weighted by molar-refractivity contribution is 6.03. The maximum Gasteiger partial charge on any atom is 0.274 e. The van der Waals surface area contributed by atoms with E-state index in [1.165, 1.54) is 6.07 Å². The van der Waals surface area contributed by atoms with E-state index in [9.17, 15) is 18.7 Å². The van der Waals surface area contributed by atoms with Crippen LogP contribution in [0.1, 0.15) is 47.7 Å². The second kappa shape index (κ2) is 8.77. The fourth-order valence-corrected chi connectivity index (χ4v) is 4.01. The number of anilines is 1. The molecule has 1 amide bonds. The Morgan fingerprint density at radius 3 is 2.74 bits per heavy atom. The van der Waals surface area contributed by atoms with Crippen LogP contribution in [0.5, 0.6) is 5.75 Å². The van der Waals surface area contributed by atoms with Crippen molar-refractivity contribution in [1.29, 1.82) is 0 Å². The molecule has 2 heterocycles. The minimum Gasteiger partial charge on any atom is -0.508 e. The van der Waals surface area contributed by atoms with Crippen molar-refractivity contribution in [2.75, 3.05) is 5.32 Å². The third-order valence-electron chi connectivity index (χ3n) is 5.54. The summed E-state index contributed by atoms with van der Waals surface area (Å²) in [6.45, 7) is 0. The van der Waals surface area contributed by atoms with Crippen molar-refractivity contribution < 1.29 is 18.7 Å². The maximum absolute atomic E-state index is 14.3. The second-order valence-electron chi connectivity index (χ2n) is 7.73. The molecule has 0 aliphatic heterocycles. The number of halogens is 2. The van der Waals surface area contributed by atoms with Crippen LogP contribution in [-0.4, -0.2) is 27.0 Å². The topological polar surface area (TPSA) is 101 Å². The van der Waals surface area contributed by atoms with Gasteiger partial charge in [-0.15, -0.1) is 0 Å². The number of nitrogens with zero attached hydrogens (tertiary/aromatic N) is 2. The van der Waals surface area contributed by atoms with Crippen LogP contribution in [0.2, 0.25) is 0 Å². The normalized spacial score (nSPS) is 18.5. The van der Waals surface area contributed by atoms with Gasteiger partial charge in [0.05, 0.1) is 11.9 Å².